The normalized spacial score (nSPS) is 11.0. The molecule has 4 heteroatoms. The van der Waals surface area contributed by atoms with Crippen LogP contribution < -0.4 is 5.32 Å². The average Bonchev–Trinajstić information content (AvgIpc) is 2.79. The maximum Gasteiger partial charge on any atom is 0.221 e. The largest absolute Gasteiger partial charge is 0.341 e. The van der Waals surface area contributed by atoms with Gasteiger partial charge in [0.25, 0.3) is 0 Å². The highest BCUT2D eigenvalue weighted by Crippen LogP contribution is 2.31. The van der Waals surface area contributed by atoms with Crippen molar-refractivity contribution in [3.05, 3.63) is 42.0 Å². The Bertz CT molecular complexity index is 862. The molecular formula is C17H16N2O2. The summed E-state index contributed by atoms with van der Waals surface area (Å²) >= 11 is 0. The van der Waals surface area contributed by atoms with Crippen LogP contribution in [0.5, 0.6) is 0 Å². The molecule has 0 unspecified atom stereocenters. The third kappa shape index (κ3) is 2.18. The van der Waals surface area contributed by atoms with Crippen molar-refractivity contribution in [2.24, 2.45) is 0 Å². The molecule has 0 saturated heterocycles. The first-order chi connectivity index (χ1) is 10.1. The molecular weight excluding hydrogens is 264 g/mol. The predicted molar refractivity (Wildman–Crippen MR) is 84.8 cm³/mol. The van der Waals surface area contributed by atoms with E-state index in [4.69, 9.17) is 0 Å². The van der Waals surface area contributed by atoms with Gasteiger partial charge in [-0.1, -0.05) is 0 Å². The molecule has 0 aliphatic rings. The Kier molecular flexibility index (Phi) is 3.22. The van der Waals surface area contributed by atoms with Crippen LogP contribution in [0.15, 0.2) is 36.4 Å². The first kappa shape index (κ1) is 13.4. The third-order valence-electron chi connectivity index (χ3n) is 3.66. The third-order valence-corrected chi connectivity index (χ3v) is 3.66. The maximum absolute atomic E-state index is 11.2. The van der Waals surface area contributed by atoms with Crippen LogP contribution in [0.25, 0.3) is 21.8 Å². The molecule has 0 bridgehead atoms. The fourth-order valence-corrected chi connectivity index (χ4v) is 2.82. The number of hydrogen-bond acceptors (Lipinski definition) is 2. The van der Waals surface area contributed by atoms with E-state index in [2.05, 4.69) is 16.8 Å². The number of anilines is 1. The van der Waals surface area contributed by atoms with Crippen molar-refractivity contribution in [1.29, 1.82) is 0 Å². The molecule has 3 rings (SSSR count). The molecule has 0 aliphatic heterocycles. The summed E-state index contributed by atoms with van der Waals surface area (Å²) in [5, 5.41) is 4.87. The van der Waals surface area contributed by atoms with Crippen LogP contribution in [-0.2, 0) is 11.3 Å². The highest BCUT2D eigenvalue weighted by atomic mass is 16.1. The Labute approximate surface area is 122 Å². The standard InChI is InChI=1S/C17H16N2O2/c1-3-19-16-6-4-12(10-20)8-14(16)15-9-13(18-11(2)21)5-7-17(15)19/h4-10H,3H2,1-2H3,(H,18,21). The summed E-state index contributed by atoms with van der Waals surface area (Å²) < 4.78 is 2.21. The second-order valence-corrected chi connectivity index (χ2v) is 5.05. The summed E-state index contributed by atoms with van der Waals surface area (Å²) in [6, 6.07) is 11.6. The van der Waals surface area contributed by atoms with E-state index in [0.717, 1.165) is 40.3 Å². The van der Waals surface area contributed by atoms with Crippen molar-refractivity contribution in [1.82, 2.24) is 4.57 Å². The Morgan fingerprint density at radius 1 is 1.14 bits per heavy atom. The number of nitrogens with zero attached hydrogens (tertiary/aromatic N) is 1. The number of rotatable bonds is 3. The zero-order valence-electron chi connectivity index (χ0n) is 12.0. The number of carbonyl (C=O) groups is 2. The van der Waals surface area contributed by atoms with Gasteiger partial charge in [0.05, 0.1) is 0 Å². The number of aryl methyl sites for hydroxylation is 1. The fraction of sp³-hybridized carbons (Fsp3) is 0.176. The minimum Gasteiger partial charge on any atom is -0.341 e. The molecule has 3 aromatic rings. The van der Waals surface area contributed by atoms with Gasteiger partial charge in [-0.3, -0.25) is 9.59 Å². The van der Waals surface area contributed by atoms with Crippen molar-refractivity contribution in [2.75, 3.05) is 5.32 Å². The van der Waals surface area contributed by atoms with E-state index in [9.17, 15) is 9.59 Å². The molecule has 2 aromatic carbocycles. The summed E-state index contributed by atoms with van der Waals surface area (Å²) in [6.45, 7) is 4.43. The minimum absolute atomic E-state index is 0.0952. The van der Waals surface area contributed by atoms with Crippen molar-refractivity contribution >= 4 is 39.7 Å². The number of aldehydes is 1. The van der Waals surface area contributed by atoms with E-state index >= 15 is 0 Å². The van der Waals surface area contributed by atoms with Gasteiger partial charge in [-0.2, -0.15) is 0 Å². The van der Waals surface area contributed by atoms with E-state index < -0.39 is 0 Å². The van der Waals surface area contributed by atoms with Gasteiger partial charge in [-0.15, -0.1) is 0 Å². The molecule has 1 heterocycles. The number of benzene rings is 2. The molecule has 0 radical (unpaired) electrons. The SMILES string of the molecule is CCn1c2ccc(C=O)cc2c2cc(NC(C)=O)ccc21. The number of carbonyl (C=O) groups excluding carboxylic acids is 2. The molecule has 1 amide bonds. The average molecular weight is 280 g/mol. The van der Waals surface area contributed by atoms with E-state index in [1.165, 1.54) is 6.92 Å². The Hall–Kier alpha value is -2.62. The molecule has 0 aliphatic carbocycles. The van der Waals surface area contributed by atoms with E-state index in [1.807, 2.05) is 36.4 Å². The van der Waals surface area contributed by atoms with Crippen molar-refractivity contribution in [2.45, 2.75) is 20.4 Å². The summed E-state index contributed by atoms with van der Waals surface area (Å²) in [4.78, 5) is 22.2. The first-order valence-corrected chi connectivity index (χ1v) is 6.93. The lowest BCUT2D eigenvalue weighted by Gasteiger charge is -2.04. The molecule has 21 heavy (non-hydrogen) atoms. The summed E-state index contributed by atoms with van der Waals surface area (Å²) in [5.41, 5.74) is 3.62. The Morgan fingerprint density at radius 3 is 2.43 bits per heavy atom. The van der Waals surface area contributed by atoms with Crippen molar-refractivity contribution in [3.63, 3.8) is 0 Å². The van der Waals surface area contributed by atoms with Gasteiger partial charge in [-0.25, -0.2) is 0 Å². The maximum atomic E-state index is 11.2. The molecule has 4 nitrogen and oxygen atoms in total. The zero-order chi connectivity index (χ0) is 15.0. The van der Waals surface area contributed by atoms with Crippen molar-refractivity contribution < 1.29 is 9.59 Å². The first-order valence-electron chi connectivity index (χ1n) is 6.93. The quantitative estimate of drug-likeness (QED) is 0.745. The molecule has 0 saturated carbocycles. The molecule has 1 aromatic heterocycles. The van der Waals surface area contributed by atoms with Crippen LogP contribution in [0.4, 0.5) is 5.69 Å². The van der Waals surface area contributed by atoms with Crippen LogP contribution >= 0.6 is 0 Å². The summed E-state index contributed by atoms with van der Waals surface area (Å²) in [7, 11) is 0. The fourth-order valence-electron chi connectivity index (χ4n) is 2.82. The number of nitrogens with one attached hydrogen (secondary N) is 1. The van der Waals surface area contributed by atoms with Gasteiger partial charge in [0.2, 0.25) is 5.91 Å². The van der Waals surface area contributed by atoms with Crippen LogP contribution in [0.1, 0.15) is 24.2 Å². The van der Waals surface area contributed by atoms with Crippen LogP contribution in [0, 0.1) is 0 Å². The molecule has 0 spiro atoms. The van der Waals surface area contributed by atoms with Gasteiger partial charge < -0.3 is 9.88 Å². The van der Waals surface area contributed by atoms with Gasteiger partial charge >= 0.3 is 0 Å². The van der Waals surface area contributed by atoms with E-state index in [1.54, 1.807) is 0 Å². The second kappa shape index (κ2) is 5.05. The lowest BCUT2D eigenvalue weighted by Crippen LogP contribution is -2.05. The lowest BCUT2D eigenvalue weighted by atomic mass is 10.1. The van der Waals surface area contributed by atoms with Crippen LogP contribution in [0.3, 0.4) is 0 Å². The summed E-state index contributed by atoms with van der Waals surface area (Å²) in [5.74, 6) is -0.0952. The van der Waals surface area contributed by atoms with Gasteiger partial charge in [0.1, 0.15) is 6.29 Å². The topological polar surface area (TPSA) is 51.1 Å². The highest BCUT2D eigenvalue weighted by molar-refractivity contribution is 6.10. The molecule has 0 atom stereocenters. The molecule has 106 valence electrons. The van der Waals surface area contributed by atoms with E-state index in [-0.39, 0.29) is 5.91 Å². The van der Waals surface area contributed by atoms with Gasteiger partial charge in [0.15, 0.2) is 0 Å². The summed E-state index contributed by atoms with van der Waals surface area (Å²) in [6.07, 6.45) is 0.853. The Balaban J connectivity index is 2.35. The van der Waals surface area contributed by atoms with Gasteiger partial charge in [0, 0.05) is 46.5 Å². The predicted octanol–water partition coefficient (Wildman–Crippen LogP) is 3.59. The highest BCUT2D eigenvalue weighted by Gasteiger charge is 2.11. The molecule has 0 fully saturated rings. The Morgan fingerprint density at radius 2 is 1.81 bits per heavy atom. The smallest absolute Gasteiger partial charge is 0.221 e. The lowest BCUT2D eigenvalue weighted by molar-refractivity contribution is -0.114. The van der Waals surface area contributed by atoms with Crippen LogP contribution in [-0.4, -0.2) is 16.8 Å². The number of aromatic nitrogens is 1. The number of hydrogen-bond donors (Lipinski definition) is 1. The van der Waals surface area contributed by atoms with Crippen molar-refractivity contribution in [3.8, 4) is 0 Å². The number of amides is 1. The number of fused-ring (bicyclic) bond motifs is 3. The van der Waals surface area contributed by atoms with Crippen LogP contribution in [0.2, 0.25) is 0 Å². The van der Waals surface area contributed by atoms with Gasteiger partial charge in [-0.05, 0) is 43.3 Å². The molecule has 1 N–H and O–H groups in total. The van der Waals surface area contributed by atoms with E-state index in [0.29, 0.717) is 5.56 Å². The second-order valence-electron chi connectivity index (χ2n) is 5.05. The monoisotopic (exact) mass is 280 g/mol. The zero-order valence-corrected chi connectivity index (χ0v) is 12.0. The minimum atomic E-state index is -0.0952.